The zero-order valence-corrected chi connectivity index (χ0v) is 31.0. The van der Waals surface area contributed by atoms with E-state index in [4.69, 9.17) is 19.4 Å². The smallest absolute Gasteiger partial charge is 0.356 e. The molecule has 280 valence electrons. The number of nitrogens with one attached hydrogen (secondary N) is 2. The van der Waals surface area contributed by atoms with Gasteiger partial charge in [-0.2, -0.15) is 10.2 Å². The van der Waals surface area contributed by atoms with Crippen molar-refractivity contribution in [2.45, 2.75) is 6.92 Å². The van der Waals surface area contributed by atoms with Crippen LogP contribution in [-0.4, -0.2) is 103 Å². The number of fused-ring (bicyclic) bond motifs is 2. The molecule has 9 rings (SSSR count). The lowest BCUT2D eigenvalue weighted by molar-refractivity contribution is 0.122. The Morgan fingerprint density at radius 2 is 1.40 bits per heavy atom. The van der Waals surface area contributed by atoms with Crippen LogP contribution in [0.15, 0.2) is 92.0 Å². The third kappa shape index (κ3) is 7.61. The number of morpholine rings is 2. The first-order valence-electron chi connectivity index (χ1n) is 17.8. The van der Waals surface area contributed by atoms with Crippen molar-refractivity contribution in [1.29, 1.82) is 0 Å². The summed E-state index contributed by atoms with van der Waals surface area (Å²) in [6.07, 6.45) is 6.99. The van der Waals surface area contributed by atoms with Gasteiger partial charge < -0.3 is 29.1 Å². The number of aromatic nitrogens is 8. The molecule has 1 aromatic carbocycles. The molecule has 6 aromatic heterocycles. The number of anilines is 2. The van der Waals surface area contributed by atoms with Crippen molar-refractivity contribution < 1.29 is 23.8 Å². The van der Waals surface area contributed by atoms with Crippen molar-refractivity contribution in [3.05, 3.63) is 97.6 Å². The molecule has 2 aliphatic rings. The molecule has 0 saturated carbocycles. The van der Waals surface area contributed by atoms with Gasteiger partial charge in [0.1, 0.15) is 39.8 Å². The number of nitrogens with zero attached hydrogens (tertiary/aromatic N) is 8. The van der Waals surface area contributed by atoms with Crippen LogP contribution in [0.3, 0.4) is 0 Å². The summed E-state index contributed by atoms with van der Waals surface area (Å²) in [4.78, 5) is 42.2. The third-order valence-corrected chi connectivity index (χ3v) is 10.5. The van der Waals surface area contributed by atoms with E-state index in [1.54, 1.807) is 36.9 Å². The third-order valence-electron chi connectivity index (χ3n) is 9.57. The van der Waals surface area contributed by atoms with Gasteiger partial charge in [-0.05, 0) is 72.1 Å². The van der Waals surface area contributed by atoms with Gasteiger partial charge in [-0.25, -0.2) is 9.97 Å². The minimum Gasteiger partial charge on any atom is -0.378 e. The van der Waals surface area contributed by atoms with Crippen LogP contribution in [0.4, 0.5) is 11.6 Å². The Morgan fingerprint density at radius 1 is 0.782 bits per heavy atom. The van der Waals surface area contributed by atoms with Crippen LogP contribution in [0.2, 0.25) is 0 Å². The number of hydrogen-bond acceptors (Lipinski definition) is 11. The second-order valence-electron chi connectivity index (χ2n) is 13.2. The summed E-state index contributed by atoms with van der Waals surface area (Å²) in [5.41, 5.74) is 8.46. The lowest BCUT2D eigenvalue weighted by Crippen LogP contribution is -2.36. The van der Waals surface area contributed by atoms with Crippen LogP contribution in [0.25, 0.3) is 61.3 Å². The molecule has 55 heavy (non-hydrogen) atoms. The lowest BCUT2D eigenvalue weighted by Gasteiger charge is -2.28. The zero-order valence-electron chi connectivity index (χ0n) is 30.1. The molecule has 0 radical (unpaired) electrons. The monoisotopic (exact) mass is 758 g/mol. The molecule has 8 heterocycles. The second-order valence-corrected chi connectivity index (χ2v) is 14.8. The van der Waals surface area contributed by atoms with E-state index < -0.39 is 7.60 Å². The van der Waals surface area contributed by atoms with Gasteiger partial charge in [0.05, 0.1) is 37.4 Å². The van der Waals surface area contributed by atoms with E-state index in [1.165, 1.54) is 12.1 Å². The highest BCUT2D eigenvalue weighted by Gasteiger charge is 2.22. The first-order valence-corrected chi connectivity index (χ1v) is 19.4. The first kappa shape index (κ1) is 36.2. The predicted octanol–water partition coefficient (Wildman–Crippen LogP) is 5.22. The maximum Gasteiger partial charge on any atom is 0.356 e. The molecule has 2 saturated heterocycles. The fourth-order valence-corrected chi connectivity index (χ4v) is 7.31. The van der Waals surface area contributed by atoms with E-state index in [0.29, 0.717) is 18.9 Å². The van der Waals surface area contributed by atoms with Crippen LogP contribution in [0.1, 0.15) is 12.5 Å². The van der Waals surface area contributed by atoms with Gasteiger partial charge in [-0.15, -0.1) is 0 Å². The number of rotatable bonds is 7. The van der Waals surface area contributed by atoms with Crippen molar-refractivity contribution >= 4 is 51.9 Å². The van der Waals surface area contributed by atoms with Crippen molar-refractivity contribution in [2.75, 3.05) is 62.4 Å². The van der Waals surface area contributed by atoms with Gasteiger partial charge in [0, 0.05) is 61.7 Å². The summed E-state index contributed by atoms with van der Waals surface area (Å²) in [6, 6.07) is 18.2. The molecule has 15 nitrogen and oxygen atoms in total. The van der Waals surface area contributed by atoms with Gasteiger partial charge in [0.25, 0.3) is 0 Å². The topological polar surface area (TPSA) is 191 Å². The molecule has 0 aliphatic carbocycles. The highest BCUT2D eigenvalue weighted by molar-refractivity contribution is 7.60. The van der Waals surface area contributed by atoms with E-state index in [9.17, 15) is 14.4 Å². The molecular weight excluding hydrogens is 719 g/mol. The number of ether oxygens (including phenoxy) is 2. The van der Waals surface area contributed by atoms with Crippen LogP contribution in [0.5, 0.6) is 0 Å². The number of allylic oxidation sites excluding steroid dienone is 1. The number of benzene rings is 1. The van der Waals surface area contributed by atoms with Gasteiger partial charge >= 0.3 is 7.60 Å². The second kappa shape index (κ2) is 15.5. The van der Waals surface area contributed by atoms with Crippen LogP contribution in [0, 0.1) is 0 Å². The Morgan fingerprint density at radius 3 is 1.98 bits per heavy atom. The largest absolute Gasteiger partial charge is 0.378 e. The summed E-state index contributed by atoms with van der Waals surface area (Å²) < 4.78 is 22.5. The molecule has 0 unspecified atom stereocenters. The van der Waals surface area contributed by atoms with Crippen molar-refractivity contribution in [3.63, 3.8) is 0 Å². The molecule has 16 heteroatoms. The Hall–Kier alpha value is -5.83. The predicted molar refractivity (Wildman–Crippen MR) is 212 cm³/mol. The van der Waals surface area contributed by atoms with Crippen LogP contribution in [-0.2, 0) is 14.0 Å². The van der Waals surface area contributed by atoms with Gasteiger partial charge in [-0.1, -0.05) is 24.3 Å². The Kier molecular flexibility index (Phi) is 10.2. The highest BCUT2D eigenvalue weighted by atomic mass is 31.2. The Labute approximate surface area is 316 Å². The van der Waals surface area contributed by atoms with Crippen LogP contribution >= 0.6 is 7.60 Å². The molecule has 0 amide bonds. The van der Waals surface area contributed by atoms with Crippen molar-refractivity contribution in [3.8, 4) is 33.9 Å². The van der Waals surface area contributed by atoms with Crippen molar-refractivity contribution in [1.82, 2.24) is 40.3 Å². The maximum absolute atomic E-state index is 11.6. The normalized spacial score (nSPS) is 14.9. The fourth-order valence-electron chi connectivity index (χ4n) is 6.78. The van der Waals surface area contributed by atoms with E-state index >= 15 is 0 Å². The number of H-pyrrole nitrogens is 2. The SMILES string of the molecule is C=C(C)c1cc(N2CCOCC2)nc2c(-c3cc[nH]n3)nccc12.O=P(O)(O)c1ccc(-c2cc(N3CCOCC3)nc3c(-c4ccn[nH]4)nccc23)cc1. The minimum absolute atomic E-state index is 0.0113. The average molecular weight is 759 g/mol. The molecule has 7 aromatic rings. The maximum atomic E-state index is 11.6. The summed E-state index contributed by atoms with van der Waals surface area (Å²) in [6.45, 7) is 12.0. The Bertz CT molecular complexity index is 2490. The summed E-state index contributed by atoms with van der Waals surface area (Å²) in [5, 5.41) is 16.0. The van der Waals surface area contributed by atoms with Gasteiger partial charge in [0.15, 0.2) is 0 Å². The molecule has 2 fully saturated rings. The fraction of sp³-hybridized carbons (Fsp3) is 0.231. The average Bonchev–Trinajstić information content (AvgIpc) is 3.96. The molecule has 4 N–H and O–H groups in total. The molecule has 0 spiro atoms. The van der Waals surface area contributed by atoms with E-state index in [0.717, 1.165) is 112 Å². The molecule has 0 bridgehead atoms. The number of aromatic amines is 2. The molecule has 0 atom stereocenters. The van der Waals surface area contributed by atoms with Gasteiger partial charge in [-0.3, -0.25) is 24.7 Å². The van der Waals surface area contributed by atoms with Gasteiger partial charge in [0.2, 0.25) is 0 Å². The number of pyridine rings is 4. The number of hydrogen-bond donors (Lipinski definition) is 4. The lowest BCUT2D eigenvalue weighted by atomic mass is 10.00. The summed E-state index contributed by atoms with van der Waals surface area (Å²) in [7, 11) is -4.31. The molecular formula is C39H39N10O5P. The van der Waals surface area contributed by atoms with E-state index in [1.807, 2.05) is 37.3 Å². The van der Waals surface area contributed by atoms with E-state index in [-0.39, 0.29) is 5.30 Å². The highest BCUT2D eigenvalue weighted by Crippen LogP contribution is 2.38. The molecule has 2 aliphatic heterocycles. The first-order chi connectivity index (χ1) is 26.7. The minimum atomic E-state index is -4.31. The quantitative estimate of drug-likeness (QED) is 0.155. The standard InChI is InChI=1S/C21H20N5O4P.C18H19N5O/c27-31(28,29)15-3-1-14(2-4-15)17-13-19(26-9-11-30-12-10-26)24-20-16(17)5-7-22-21(20)18-6-8-23-25-18;1-12(2)14-11-16(23-7-9-24-10-8-23)21-17-13(14)3-5-19-18(17)15-4-6-20-22-15/h1-8,13H,9-12H2,(H,23,25)(H2,27,28,29);3-6,11H,1,7-10H2,2H3,(H,20,22). The zero-order chi connectivity index (χ0) is 37.9. The van der Waals surface area contributed by atoms with Crippen molar-refractivity contribution in [2.24, 2.45) is 0 Å². The summed E-state index contributed by atoms with van der Waals surface area (Å²) in [5.74, 6) is 1.74. The van der Waals surface area contributed by atoms with Crippen LogP contribution < -0.4 is 15.1 Å². The summed E-state index contributed by atoms with van der Waals surface area (Å²) >= 11 is 0. The van der Waals surface area contributed by atoms with E-state index in [2.05, 4.69) is 52.8 Å². The Balaban J connectivity index is 0.000000160.